The van der Waals surface area contributed by atoms with E-state index in [1.54, 1.807) is 0 Å². The molecule has 0 saturated heterocycles. The summed E-state index contributed by atoms with van der Waals surface area (Å²) in [5, 5.41) is 40.5. The molecule has 0 radical (unpaired) electrons. The van der Waals surface area contributed by atoms with E-state index in [1.165, 1.54) is 14.1 Å². The number of hydrogen-bond acceptors (Lipinski definition) is 12. The number of aromatic carboxylic acids is 1. The number of nitro groups is 1. The van der Waals surface area contributed by atoms with E-state index in [1.807, 2.05) is 5.32 Å². The average molecular weight is 513 g/mol. The molecule has 17 heteroatoms. The van der Waals surface area contributed by atoms with Crippen molar-refractivity contribution in [3.05, 3.63) is 39.4 Å². The molecule has 0 spiro atoms. The van der Waals surface area contributed by atoms with Crippen LogP contribution in [0.4, 0.5) is 11.5 Å². The lowest BCUT2D eigenvalue weighted by molar-refractivity contribution is -0.385. The molecule has 0 saturated carbocycles. The maximum Gasteiger partial charge on any atom is 0.373 e. The topological polar surface area (TPSA) is 239 Å². The number of hydrogen-bond donors (Lipinski definition) is 4. The zero-order chi connectivity index (χ0) is 26.7. The fraction of sp³-hybridized carbons (Fsp3) is 0.278. The van der Waals surface area contributed by atoms with E-state index in [2.05, 4.69) is 9.97 Å². The van der Waals surface area contributed by atoms with Gasteiger partial charge in [0.25, 0.3) is 11.1 Å². The largest absolute Gasteiger partial charge is 0.480 e. The lowest BCUT2D eigenvalue weighted by atomic mass is 10.1. The number of amides is 1. The Morgan fingerprint density at radius 3 is 2.23 bits per heavy atom. The summed E-state index contributed by atoms with van der Waals surface area (Å²) in [7, 11) is -1.45. The number of anilines is 1. The average Bonchev–Trinajstić information content (AvgIpc) is 2.75. The number of sulfone groups is 1. The van der Waals surface area contributed by atoms with Crippen molar-refractivity contribution in [3.8, 4) is 11.6 Å². The van der Waals surface area contributed by atoms with Crippen LogP contribution in [0.25, 0.3) is 0 Å². The molecule has 1 heterocycles. The third kappa shape index (κ3) is 6.36. The Morgan fingerprint density at radius 1 is 1.17 bits per heavy atom. The zero-order valence-electron chi connectivity index (χ0n) is 18.3. The van der Waals surface area contributed by atoms with E-state index >= 15 is 0 Å². The first-order valence-corrected chi connectivity index (χ1v) is 11.2. The monoisotopic (exact) mass is 513 g/mol. The second-order valence-electron chi connectivity index (χ2n) is 7.11. The highest BCUT2D eigenvalue weighted by molar-refractivity contribution is 7.90. The Bertz CT molecular complexity index is 1310. The van der Waals surface area contributed by atoms with E-state index in [-0.39, 0.29) is 5.56 Å². The van der Waals surface area contributed by atoms with Gasteiger partial charge in [-0.2, -0.15) is 9.97 Å². The van der Waals surface area contributed by atoms with E-state index in [9.17, 15) is 43.1 Å². The highest BCUT2D eigenvalue weighted by Crippen LogP contribution is 2.36. The van der Waals surface area contributed by atoms with Gasteiger partial charge in [-0.1, -0.05) is 0 Å². The number of carbonyl (C=O) groups is 3. The van der Waals surface area contributed by atoms with Crippen LogP contribution in [-0.2, 0) is 14.6 Å². The van der Waals surface area contributed by atoms with Gasteiger partial charge in [-0.3, -0.25) is 14.9 Å². The van der Waals surface area contributed by atoms with Crippen LogP contribution in [0.5, 0.6) is 11.6 Å². The van der Waals surface area contributed by atoms with Crippen LogP contribution in [0.15, 0.2) is 23.4 Å². The predicted molar refractivity (Wildman–Crippen MR) is 115 cm³/mol. The summed E-state index contributed by atoms with van der Waals surface area (Å²) in [6.07, 6.45) is 0.668. The van der Waals surface area contributed by atoms with Crippen LogP contribution in [-0.4, -0.2) is 94.4 Å². The molecule has 1 aromatic carbocycles. The van der Waals surface area contributed by atoms with Gasteiger partial charge in [0, 0.05) is 25.9 Å². The first-order valence-electron chi connectivity index (χ1n) is 9.30. The lowest BCUT2D eigenvalue weighted by Crippen LogP contribution is -2.33. The SMILES string of the molecule is CN(C)C(=O)c1cc(Oc2nc(S(C)(=O)=O)nc(NC(CO)C(=O)O)c2[N+](=O)[O-])cc(C(=O)O)c1. The van der Waals surface area contributed by atoms with Gasteiger partial charge in [0.15, 0.2) is 0 Å². The molecule has 0 aliphatic heterocycles. The number of carboxylic acids is 2. The summed E-state index contributed by atoms with van der Waals surface area (Å²) in [6, 6.07) is 1.16. The number of carbonyl (C=O) groups excluding carboxylic acids is 1. The van der Waals surface area contributed by atoms with Crippen molar-refractivity contribution in [2.45, 2.75) is 11.2 Å². The van der Waals surface area contributed by atoms with Crippen molar-refractivity contribution in [1.82, 2.24) is 14.9 Å². The second kappa shape index (κ2) is 10.3. The lowest BCUT2D eigenvalue weighted by Gasteiger charge is -2.15. The van der Waals surface area contributed by atoms with E-state index in [0.29, 0.717) is 6.26 Å². The van der Waals surface area contributed by atoms with Crippen LogP contribution in [0.1, 0.15) is 20.7 Å². The minimum absolute atomic E-state index is 0.172. The molecule has 1 unspecified atom stereocenters. The molecule has 1 amide bonds. The Hall–Kier alpha value is -4.38. The van der Waals surface area contributed by atoms with Crippen molar-refractivity contribution >= 4 is 39.2 Å². The Morgan fingerprint density at radius 2 is 1.77 bits per heavy atom. The van der Waals surface area contributed by atoms with E-state index in [0.717, 1.165) is 23.1 Å². The number of aliphatic carboxylic acids is 1. The number of rotatable bonds is 10. The molecule has 188 valence electrons. The van der Waals surface area contributed by atoms with E-state index < -0.39 is 79.1 Å². The van der Waals surface area contributed by atoms with Gasteiger partial charge in [0.05, 0.1) is 17.1 Å². The molecule has 0 fully saturated rings. The maximum atomic E-state index is 12.3. The van der Waals surface area contributed by atoms with Crippen LogP contribution >= 0.6 is 0 Å². The predicted octanol–water partition coefficient (Wildman–Crippen LogP) is -0.162. The standard InChI is InChI=1S/C18H19N5O11S/c1-22(2)15(25)8-4-9(16(26)27)6-10(5-8)34-14-12(23(30)31)13(19-11(7-24)17(28)29)20-18(21-14)35(3,32)33/h4-6,11,24H,7H2,1-3H3,(H,26,27)(H,28,29)(H,19,20,21). The highest BCUT2D eigenvalue weighted by atomic mass is 32.2. The first-order chi connectivity index (χ1) is 16.1. The van der Waals surface area contributed by atoms with Gasteiger partial charge in [-0.05, 0) is 18.2 Å². The zero-order valence-corrected chi connectivity index (χ0v) is 19.1. The third-order valence-electron chi connectivity index (χ3n) is 4.16. The molecule has 2 aromatic rings. The molecule has 0 bridgehead atoms. The Labute approximate surface area is 196 Å². The smallest absolute Gasteiger partial charge is 0.373 e. The molecule has 1 aromatic heterocycles. The molecule has 16 nitrogen and oxygen atoms in total. The molecule has 1 atom stereocenters. The van der Waals surface area contributed by atoms with Crippen molar-refractivity contribution in [1.29, 1.82) is 0 Å². The number of aromatic nitrogens is 2. The van der Waals surface area contributed by atoms with Gasteiger partial charge >= 0.3 is 23.5 Å². The fourth-order valence-corrected chi connectivity index (χ4v) is 3.05. The van der Waals surface area contributed by atoms with Gasteiger partial charge in [-0.15, -0.1) is 0 Å². The molecule has 35 heavy (non-hydrogen) atoms. The van der Waals surface area contributed by atoms with Crippen LogP contribution in [0, 0.1) is 10.1 Å². The molecule has 0 aliphatic rings. The van der Waals surface area contributed by atoms with Crippen LogP contribution < -0.4 is 10.1 Å². The van der Waals surface area contributed by atoms with Gasteiger partial charge in [-0.25, -0.2) is 18.0 Å². The number of ether oxygens (including phenoxy) is 1. The normalized spacial score (nSPS) is 11.9. The number of carboxylic acid groups (broad SMARTS) is 2. The quantitative estimate of drug-likeness (QED) is 0.183. The summed E-state index contributed by atoms with van der Waals surface area (Å²) in [5.74, 6) is -6.07. The van der Waals surface area contributed by atoms with Crippen molar-refractivity contribution in [3.63, 3.8) is 0 Å². The van der Waals surface area contributed by atoms with Gasteiger partial charge in [0.2, 0.25) is 15.7 Å². The summed E-state index contributed by atoms with van der Waals surface area (Å²) >= 11 is 0. The van der Waals surface area contributed by atoms with Crippen molar-refractivity contribution < 1.29 is 47.8 Å². The molecular formula is C18H19N5O11S. The molecule has 4 N–H and O–H groups in total. The number of benzene rings is 1. The molecule has 0 aliphatic carbocycles. The minimum atomic E-state index is -4.23. The van der Waals surface area contributed by atoms with Gasteiger partial charge in [0.1, 0.15) is 11.8 Å². The second-order valence-corrected chi connectivity index (χ2v) is 9.02. The van der Waals surface area contributed by atoms with Crippen molar-refractivity contribution in [2.24, 2.45) is 0 Å². The number of aliphatic hydroxyl groups is 1. The summed E-state index contributed by atoms with van der Waals surface area (Å²) < 4.78 is 29.4. The van der Waals surface area contributed by atoms with Crippen LogP contribution in [0.2, 0.25) is 0 Å². The fourth-order valence-electron chi connectivity index (χ4n) is 2.54. The third-order valence-corrected chi connectivity index (χ3v) is 5.00. The van der Waals surface area contributed by atoms with Crippen LogP contribution in [0.3, 0.4) is 0 Å². The summed E-state index contributed by atoms with van der Waals surface area (Å²) in [5.41, 5.74) is -1.72. The maximum absolute atomic E-state index is 12.3. The van der Waals surface area contributed by atoms with E-state index in [4.69, 9.17) is 9.84 Å². The molecule has 2 rings (SSSR count). The Balaban J connectivity index is 2.78. The first kappa shape index (κ1) is 26.9. The number of nitrogens with one attached hydrogen (secondary N) is 1. The van der Waals surface area contributed by atoms with Gasteiger partial charge < -0.3 is 30.3 Å². The Kier molecular flexibility index (Phi) is 7.88. The molecular weight excluding hydrogens is 494 g/mol. The number of nitrogens with zero attached hydrogens (tertiary/aromatic N) is 4. The van der Waals surface area contributed by atoms with Crippen molar-refractivity contribution in [2.75, 3.05) is 32.3 Å². The number of aliphatic hydroxyl groups excluding tert-OH is 1. The minimum Gasteiger partial charge on any atom is -0.480 e. The highest BCUT2D eigenvalue weighted by Gasteiger charge is 2.32. The summed E-state index contributed by atoms with van der Waals surface area (Å²) in [6.45, 7) is -1.04. The summed E-state index contributed by atoms with van der Waals surface area (Å²) in [4.78, 5) is 53.9.